The number of hydrogen-bond donors (Lipinski definition) is 10. The Morgan fingerprint density at radius 3 is 1.23 bits per heavy atom. The highest BCUT2D eigenvalue weighted by Crippen LogP contribution is 2.44. The predicted molar refractivity (Wildman–Crippen MR) is 557 cm³/mol. The first-order valence-electron chi connectivity index (χ1n) is 46.5. The fourth-order valence-corrected chi connectivity index (χ4v) is 19.5. The predicted octanol–water partition coefficient (Wildman–Crippen LogP) is 22.1. The number of carbonyl (C=O) groups is 4. The highest BCUT2D eigenvalue weighted by Gasteiger charge is 2.38. The Morgan fingerprint density at radius 1 is 0.385 bits per heavy atom. The van der Waals surface area contributed by atoms with E-state index in [-0.39, 0.29) is 46.9 Å². The summed E-state index contributed by atoms with van der Waals surface area (Å²) in [6.45, 7) is 16.7. The smallest absolute Gasteiger partial charge is 0.258 e. The van der Waals surface area contributed by atoms with Crippen LogP contribution in [0.4, 0.5) is 73.6 Å². The van der Waals surface area contributed by atoms with Gasteiger partial charge in [0.05, 0.1) is 114 Å². The van der Waals surface area contributed by atoms with E-state index in [1.807, 2.05) is 271 Å². The number of imidazole rings is 5. The van der Waals surface area contributed by atoms with Crippen LogP contribution in [0.1, 0.15) is 119 Å². The molecule has 5 aromatic carbocycles. The van der Waals surface area contributed by atoms with Gasteiger partial charge < -0.3 is 75.6 Å². The molecule has 34 heteroatoms. The van der Waals surface area contributed by atoms with Crippen molar-refractivity contribution < 1.29 is 41.9 Å². The van der Waals surface area contributed by atoms with Gasteiger partial charge in [0, 0.05) is 71.9 Å². The van der Waals surface area contributed by atoms with Gasteiger partial charge in [-0.1, -0.05) is 72.8 Å². The van der Waals surface area contributed by atoms with Crippen LogP contribution in [0.2, 0.25) is 0 Å². The van der Waals surface area contributed by atoms with Crippen molar-refractivity contribution in [1.29, 1.82) is 0 Å². The van der Waals surface area contributed by atoms with Crippen LogP contribution in [-0.4, -0.2) is 99.7 Å². The minimum atomic E-state index is -0.402. The number of anilines is 13. The van der Waals surface area contributed by atoms with E-state index in [4.69, 9.17) is 47.6 Å². The molecule has 20 heterocycles. The molecule has 716 valence electrons. The number of aryl methyl sites for hydroxylation is 8. The number of carbonyl (C=O) groups excluding carboxylic acids is 4. The molecular weight excluding hydrogens is 1840 g/mol. The number of thiazole rings is 1. The Morgan fingerprint density at radius 2 is 0.804 bits per heavy atom. The lowest BCUT2D eigenvalue weighted by Crippen LogP contribution is -2.29. The van der Waals surface area contributed by atoms with Crippen LogP contribution in [-0.2, 0) is 51.4 Å². The van der Waals surface area contributed by atoms with E-state index in [1.165, 1.54) is 17.7 Å². The van der Waals surface area contributed by atoms with Crippen molar-refractivity contribution in [3.63, 3.8) is 0 Å². The van der Waals surface area contributed by atoms with E-state index in [0.29, 0.717) is 83.7 Å². The molecule has 32 nitrogen and oxygen atoms in total. The SMILES string of the molecule is COc1ccc2c(c1)NC(=O)C(c1nc3ccc(C)cn3c1Nc1cccs1)C2.COc1ccc2cc(-c3nc4ccc(C)cn4c3NCc3ccco3)c(=O)[nH]c2c1.Cc1ccc2c(c1)NC(=O)C(c1nc3ccc(C)cn3c1Nc1ccco1)C2.Cc1ccc2c(c1)NC(=O)C(c1nc3ccc(C)cn3c1Nc1cnco1)C2.Cc1ccc2c(c1)NC(=O)C(c1nc3ccc(C)cn3c1Nc1cncs1)C2. The van der Waals surface area contributed by atoms with E-state index < -0.39 is 5.92 Å². The molecule has 0 saturated carbocycles. The maximum Gasteiger partial charge on any atom is 0.258 e. The van der Waals surface area contributed by atoms with Gasteiger partial charge in [0.1, 0.15) is 85.3 Å². The number of thiophene rings is 1. The molecule has 0 aliphatic carbocycles. The van der Waals surface area contributed by atoms with Gasteiger partial charge in [-0.25, -0.2) is 29.9 Å². The molecule has 4 atom stereocenters. The number of pyridine rings is 6. The summed E-state index contributed by atoms with van der Waals surface area (Å²) in [6, 6.07) is 63.1. The minimum absolute atomic E-state index is 0.0226. The Bertz CT molecular complexity index is 8030. The number of furan rings is 2. The summed E-state index contributed by atoms with van der Waals surface area (Å²) in [4.78, 5) is 99.9. The van der Waals surface area contributed by atoms with Gasteiger partial charge in [0.15, 0.2) is 12.3 Å². The quantitative estimate of drug-likeness (QED) is 0.0381. The van der Waals surface area contributed by atoms with Gasteiger partial charge in [-0.3, -0.25) is 51.0 Å². The lowest BCUT2D eigenvalue weighted by molar-refractivity contribution is -0.118. The molecule has 21 aromatic rings. The molecular formula is C109H98N22O10S2. The first-order valence-corrected chi connectivity index (χ1v) is 48.3. The summed E-state index contributed by atoms with van der Waals surface area (Å²) in [7, 11) is 3.22. The molecule has 0 fully saturated rings. The number of nitrogens with one attached hydrogen (secondary N) is 10. The number of ether oxygens (including phenoxy) is 2. The molecule has 25 rings (SSSR count). The molecule has 4 aliphatic heterocycles. The van der Waals surface area contributed by atoms with Crippen molar-refractivity contribution in [3.05, 3.63) is 373 Å². The van der Waals surface area contributed by atoms with Crippen molar-refractivity contribution in [3.8, 4) is 22.8 Å². The van der Waals surface area contributed by atoms with Gasteiger partial charge in [-0.15, -0.1) is 22.7 Å². The third-order valence-corrected chi connectivity index (χ3v) is 27.0. The lowest BCUT2D eigenvalue weighted by Gasteiger charge is -2.24. The summed E-state index contributed by atoms with van der Waals surface area (Å²) in [6.07, 6.45) is 20.5. The maximum atomic E-state index is 13.0. The molecule has 4 amide bonds. The van der Waals surface area contributed by atoms with Gasteiger partial charge >= 0.3 is 0 Å². The Hall–Kier alpha value is -17.7. The van der Waals surface area contributed by atoms with E-state index in [2.05, 4.69) is 99.2 Å². The second-order valence-corrected chi connectivity index (χ2v) is 37.8. The molecule has 0 spiro atoms. The third-order valence-electron chi connectivity index (χ3n) is 25.6. The number of nitrogens with zero attached hydrogens (tertiary/aromatic N) is 12. The first-order chi connectivity index (χ1) is 69.5. The Labute approximate surface area is 826 Å². The van der Waals surface area contributed by atoms with Crippen molar-refractivity contribution in [2.45, 2.75) is 111 Å². The molecule has 4 aliphatic rings. The third kappa shape index (κ3) is 19.1. The zero-order chi connectivity index (χ0) is 98.4. The fraction of sp³-hybridized carbons (Fsp3) is 0.174. The van der Waals surface area contributed by atoms with Gasteiger partial charge in [0.25, 0.3) is 5.56 Å². The van der Waals surface area contributed by atoms with E-state index in [1.54, 1.807) is 56.0 Å². The second-order valence-electron chi connectivity index (χ2n) is 35.9. The normalized spacial score (nSPS) is 15.0. The number of oxazole rings is 1. The van der Waals surface area contributed by atoms with Crippen LogP contribution in [0, 0.1) is 55.4 Å². The fourth-order valence-electron chi connectivity index (χ4n) is 18.4. The Kier molecular flexibility index (Phi) is 25.0. The van der Waals surface area contributed by atoms with Gasteiger partial charge in [-0.2, -0.15) is 0 Å². The maximum absolute atomic E-state index is 13.0. The summed E-state index contributed by atoms with van der Waals surface area (Å²) in [5, 5.41) is 33.9. The van der Waals surface area contributed by atoms with Crippen LogP contribution in [0.5, 0.6) is 11.5 Å². The number of aromatic nitrogens is 13. The highest BCUT2D eigenvalue weighted by atomic mass is 32.1. The zero-order valence-electron chi connectivity index (χ0n) is 79.5. The molecule has 0 saturated heterocycles. The van der Waals surface area contributed by atoms with E-state index >= 15 is 0 Å². The van der Waals surface area contributed by atoms with Gasteiger partial charge in [-0.05, 0) is 262 Å². The number of amides is 4. The minimum Gasteiger partial charge on any atom is -0.497 e. The van der Waals surface area contributed by atoms with E-state index in [9.17, 15) is 24.0 Å². The van der Waals surface area contributed by atoms with Crippen LogP contribution in [0.25, 0.3) is 50.4 Å². The number of hydrogen-bond acceptors (Lipinski definition) is 24. The Balaban J connectivity index is 0.000000106. The molecule has 0 bridgehead atoms. The highest BCUT2D eigenvalue weighted by molar-refractivity contribution is 7.14. The van der Waals surface area contributed by atoms with E-state index in [0.717, 1.165) is 179 Å². The average molecular weight is 1940 g/mol. The standard InChI is InChI=1S/C23H20N4O3.C22H20N4O2S.C22H20N4O2.C21H19N5O2.C21H19N5OS/c1-14-5-8-20-26-21(22(27(20)13-14)24-12-17-4-3-9-30-17)18-10-15-6-7-16(29-2)11-19(15)25-23(18)28;1-13-5-8-18-24-20(21(26(18)12-13)25-19-4-3-9-29-19)16-10-14-6-7-15(28-2)11-17(14)23-22(16)27;1-13-5-7-15-11-16(22(27)23-17(15)10-13)20-21(25-19-4-3-9-28-19)26-12-14(2)6-8-18(26)24-20;2*1-12-3-5-14-8-15(21(27)23-16(14)7-12)19-20(25-18-9-22-11-28-18)26-10-13(2)4-6-17(26)24-19/h3-11,13,24H,12H2,1-2H3,(H,25,28);3-9,11-12,16,25H,10H2,1-2H3,(H,23,27);3-10,12,16,25H,11H2,1-2H3,(H,23,27);2*3-7,9-11,15,25H,8H2,1-2H3,(H,23,27). The van der Waals surface area contributed by atoms with Crippen molar-refractivity contribution in [2.75, 3.05) is 62.1 Å². The van der Waals surface area contributed by atoms with Crippen molar-refractivity contribution in [1.82, 2.24) is 61.9 Å². The average Bonchev–Trinajstić information content (AvgIpc) is 1.64. The van der Waals surface area contributed by atoms with Crippen molar-refractivity contribution >= 4 is 159 Å². The largest absolute Gasteiger partial charge is 0.497 e. The number of fused-ring (bicyclic) bond motifs is 10. The monoisotopic (exact) mass is 1940 g/mol. The zero-order valence-corrected chi connectivity index (χ0v) is 81.1. The number of aromatic amines is 1. The molecule has 10 N–H and O–H groups in total. The number of rotatable bonds is 18. The summed E-state index contributed by atoms with van der Waals surface area (Å²) < 4.78 is 36.8. The topological polar surface area (TPSA) is 380 Å². The number of benzene rings is 5. The van der Waals surface area contributed by atoms with Gasteiger partial charge in [0.2, 0.25) is 29.5 Å². The van der Waals surface area contributed by atoms with Crippen molar-refractivity contribution in [2.24, 2.45) is 0 Å². The van der Waals surface area contributed by atoms with Crippen LogP contribution >= 0.6 is 22.7 Å². The first kappa shape index (κ1) is 91.7. The second kappa shape index (κ2) is 39.0. The van der Waals surface area contributed by atoms with Crippen LogP contribution < -0.4 is 62.9 Å². The molecule has 16 aromatic heterocycles. The summed E-state index contributed by atoms with van der Waals surface area (Å²) in [5.41, 5.74) is 27.0. The summed E-state index contributed by atoms with van der Waals surface area (Å²) in [5.74, 6) is 5.49. The number of H-pyrrole nitrogens is 1. The number of methoxy groups -OCH3 is 2. The molecule has 4 unspecified atom stereocenters. The van der Waals surface area contributed by atoms with Crippen LogP contribution in [0.3, 0.4) is 0 Å². The lowest BCUT2D eigenvalue weighted by atomic mass is 9.90. The molecule has 143 heavy (non-hydrogen) atoms. The van der Waals surface area contributed by atoms with Crippen LogP contribution in [0.15, 0.2) is 285 Å². The molecule has 0 radical (unpaired) electrons. The summed E-state index contributed by atoms with van der Waals surface area (Å²) >= 11 is 3.13.